The highest BCUT2D eigenvalue weighted by molar-refractivity contribution is 6.01. The van der Waals surface area contributed by atoms with E-state index in [1.54, 1.807) is 0 Å². The van der Waals surface area contributed by atoms with Crippen molar-refractivity contribution in [1.82, 2.24) is 0 Å². The molecule has 0 saturated heterocycles. The summed E-state index contributed by atoms with van der Waals surface area (Å²) in [5, 5.41) is 19.3. The molecule has 0 saturated carbocycles. The first-order valence-electron chi connectivity index (χ1n) is 7.01. The Morgan fingerprint density at radius 2 is 1.95 bits per heavy atom. The van der Waals surface area contributed by atoms with Crippen LogP contribution in [-0.4, -0.2) is 40.8 Å². The summed E-state index contributed by atoms with van der Waals surface area (Å²) in [4.78, 5) is 24.0. The largest absolute Gasteiger partial charge is 0.454 e. The normalized spacial score (nSPS) is 26.9. The second-order valence-electron chi connectivity index (χ2n) is 6.03. The average Bonchev–Trinajstić information content (AvgIpc) is 2.31. The van der Waals surface area contributed by atoms with Gasteiger partial charge in [0.15, 0.2) is 6.10 Å². The number of carbonyl (C=O) groups excluding carboxylic acids is 2. The molecular formula is C15H24O5. The van der Waals surface area contributed by atoms with Gasteiger partial charge >= 0.3 is 5.97 Å². The molecule has 0 aliphatic heterocycles. The van der Waals surface area contributed by atoms with E-state index >= 15 is 0 Å². The lowest BCUT2D eigenvalue weighted by Gasteiger charge is -2.35. The van der Waals surface area contributed by atoms with E-state index in [1.165, 1.54) is 6.08 Å². The van der Waals surface area contributed by atoms with Crippen LogP contribution in [-0.2, 0) is 14.3 Å². The number of ketones is 1. The van der Waals surface area contributed by atoms with E-state index in [4.69, 9.17) is 9.84 Å². The first-order valence-corrected chi connectivity index (χ1v) is 7.01. The molecule has 0 radical (unpaired) electrons. The molecule has 0 aromatic rings. The summed E-state index contributed by atoms with van der Waals surface area (Å²) in [5.74, 6) is -1.23. The van der Waals surface area contributed by atoms with Crippen LogP contribution in [0.1, 0.15) is 34.1 Å². The molecule has 1 rings (SSSR count). The molecule has 114 valence electrons. The Kier molecular flexibility index (Phi) is 5.89. The Morgan fingerprint density at radius 3 is 2.40 bits per heavy atom. The van der Waals surface area contributed by atoms with Crippen LogP contribution < -0.4 is 0 Å². The standard InChI is InChI=1S/C15H24O5/c1-8(2)5-12(18)20-15-13(9(3)4)11(17)6-10(7-16)14(15)19/h6,8-9,11,13,15-17H,5,7H2,1-4H3/t11-,13-,15-/m1/s1. The lowest BCUT2D eigenvalue weighted by molar-refractivity contribution is -0.162. The van der Waals surface area contributed by atoms with Gasteiger partial charge in [-0.2, -0.15) is 0 Å². The molecule has 0 spiro atoms. The maximum absolute atomic E-state index is 12.2. The number of aliphatic hydroxyl groups excluding tert-OH is 2. The number of esters is 1. The van der Waals surface area contributed by atoms with Crippen molar-refractivity contribution in [3.05, 3.63) is 11.6 Å². The molecule has 3 atom stereocenters. The zero-order chi connectivity index (χ0) is 15.4. The van der Waals surface area contributed by atoms with Crippen molar-refractivity contribution in [3.63, 3.8) is 0 Å². The minimum absolute atomic E-state index is 0.0257. The maximum atomic E-state index is 12.2. The molecule has 1 aliphatic carbocycles. The molecule has 0 amide bonds. The van der Waals surface area contributed by atoms with Gasteiger partial charge in [0.2, 0.25) is 5.78 Å². The van der Waals surface area contributed by atoms with Gasteiger partial charge in [-0.1, -0.05) is 27.7 Å². The van der Waals surface area contributed by atoms with Crippen LogP contribution in [0.4, 0.5) is 0 Å². The zero-order valence-electron chi connectivity index (χ0n) is 12.5. The lowest BCUT2D eigenvalue weighted by atomic mass is 9.77. The molecule has 0 heterocycles. The topological polar surface area (TPSA) is 83.8 Å². The summed E-state index contributed by atoms with van der Waals surface area (Å²) < 4.78 is 5.29. The monoisotopic (exact) mass is 284 g/mol. The fraction of sp³-hybridized carbons (Fsp3) is 0.733. The summed E-state index contributed by atoms with van der Waals surface area (Å²) >= 11 is 0. The van der Waals surface area contributed by atoms with Crippen LogP contribution in [0.2, 0.25) is 0 Å². The molecule has 1 aliphatic rings. The molecule has 0 aromatic heterocycles. The van der Waals surface area contributed by atoms with E-state index in [2.05, 4.69) is 0 Å². The Hall–Kier alpha value is -1.20. The van der Waals surface area contributed by atoms with Crippen molar-refractivity contribution in [2.45, 2.75) is 46.3 Å². The Balaban J connectivity index is 2.96. The number of rotatable bonds is 5. The molecule has 0 bridgehead atoms. The fourth-order valence-electron chi connectivity index (χ4n) is 2.47. The van der Waals surface area contributed by atoms with Crippen LogP contribution >= 0.6 is 0 Å². The smallest absolute Gasteiger partial charge is 0.306 e. The highest BCUT2D eigenvalue weighted by atomic mass is 16.5. The van der Waals surface area contributed by atoms with E-state index < -0.39 is 36.5 Å². The third-order valence-electron chi connectivity index (χ3n) is 3.46. The number of aliphatic hydroxyl groups is 2. The van der Waals surface area contributed by atoms with Crippen molar-refractivity contribution >= 4 is 11.8 Å². The Labute approximate surface area is 119 Å². The number of hydrogen-bond acceptors (Lipinski definition) is 5. The second kappa shape index (κ2) is 6.99. The fourth-order valence-corrected chi connectivity index (χ4v) is 2.47. The van der Waals surface area contributed by atoms with E-state index in [0.717, 1.165) is 0 Å². The zero-order valence-corrected chi connectivity index (χ0v) is 12.5. The summed E-state index contributed by atoms with van der Waals surface area (Å²) in [7, 11) is 0. The molecule has 5 heteroatoms. The summed E-state index contributed by atoms with van der Waals surface area (Å²) in [6, 6.07) is 0. The molecule has 2 N–H and O–H groups in total. The van der Waals surface area contributed by atoms with Gasteiger partial charge in [0, 0.05) is 17.9 Å². The molecule has 0 aromatic carbocycles. The van der Waals surface area contributed by atoms with E-state index in [0.29, 0.717) is 0 Å². The van der Waals surface area contributed by atoms with Gasteiger partial charge in [-0.3, -0.25) is 9.59 Å². The predicted octanol–water partition coefficient (Wildman–Crippen LogP) is 1.08. The van der Waals surface area contributed by atoms with Crippen molar-refractivity contribution in [1.29, 1.82) is 0 Å². The number of carbonyl (C=O) groups is 2. The summed E-state index contributed by atoms with van der Waals surface area (Å²) in [6.07, 6.45) is -0.321. The second-order valence-corrected chi connectivity index (χ2v) is 6.03. The molecule has 5 nitrogen and oxygen atoms in total. The van der Waals surface area contributed by atoms with E-state index in [-0.39, 0.29) is 23.8 Å². The van der Waals surface area contributed by atoms with Gasteiger partial charge in [0.05, 0.1) is 12.7 Å². The molecular weight excluding hydrogens is 260 g/mol. The highest BCUT2D eigenvalue weighted by Crippen LogP contribution is 2.30. The van der Waals surface area contributed by atoms with Crippen LogP contribution in [0, 0.1) is 17.8 Å². The SMILES string of the molecule is CC(C)CC(=O)O[C@H]1C(=O)C(CO)=C[C@@H](O)[C@H]1C(C)C. The van der Waals surface area contributed by atoms with Gasteiger partial charge in [-0.05, 0) is 17.9 Å². The van der Waals surface area contributed by atoms with Gasteiger partial charge < -0.3 is 14.9 Å². The predicted molar refractivity (Wildman–Crippen MR) is 73.8 cm³/mol. The van der Waals surface area contributed by atoms with Crippen LogP contribution in [0.15, 0.2) is 11.6 Å². The van der Waals surface area contributed by atoms with Gasteiger partial charge in [-0.15, -0.1) is 0 Å². The van der Waals surface area contributed by atoms with Crippen molar-refractivity contribution < 1.29 is 24.5 Å². The van der Waals surface area contributed by atoms with Crippen LogP contribution in [0.5, 0.6) is 0 Å². The third-order valence-corrected chi connectivity index (χ3v) is 3.46. The average molecular weight is 284 g/mol. The van der Waals surface area contributed by atoms with Crippen molar-refractivity contribution in [2.24, 2.45) is 17.8 Å². The van der Waals surface area contributed by atoms with Gasteiger partial charge in [0.1, 0.15) is 0 Å². The van der Waals surface area contributed by atoms with E-state index in [9.17, 15) is 14.7 Å². The maximum Gasteiger partial charge on any atom is 0.306 e. The lowest BCUT2D eigenvalue weighted by Crippen LogP contribution is -2.47. The van der Waals surface area contributed by atoms with E-state index in [1.807, 2.05) is 27.7 Å². The minimum Gasteiger partial charge on any atom is -0.454 e. The van der Waals surface area contributed by atoms with Gasteiger partial charge in [0.25, 0.3) is 0 Å². The number of hydrogen-bond donors (Lipinski definition) is 2. The van der Waals surface area contributed by atoms with Crippen molar-refractivity contribution in [3.8, 4) is 0 Å². The molecule has 0 unspecified atom stereocenters. The summed E-state index contributed by atoms with van der Waals surface area (Å²) in [5.41, 5.74) is 0.108. The Bertz CT molecular complexity index is 397. The molecule has 20 heavy (non-hydrogen) atoms. The highest BCUT2D eigenvalue weighted by Gasteiger charge is 2.42. The quantitative estimate of drug-likeness (QED) is 0.738. The van der Waals surface area contributed by atoms with Gasteiger partial charge in [-0.25, -0.2) is 0 Å². The van der Waals surface area contributed by atoms with Crippen molar-refractivity contribution in [2.75, 3.05) is 6.61 Å². The first kappa shape index (κ1) is 16.9. The number of Topliss-reactive ketones (excluding diaryl/α,β-unsaturated/α-hetero) is 1. The van der Waals surface area contributed by atoms with Crippen LogP contribution in [0.3, 0.4) is 0 Å². The van der Waals surface area contributed by atoms with Crippen LogP contribution in [0.25, 0.3) is 0 Å². The molecule has 0 fully saturated rings. The first-order chi connectivity index (χ1) is 9.27. The Morgan fingerprint density at radius 1 is 1.35 bits per heavy atom. The minimum atomic E-state index is -1.01. The summed E-state index contributed by atoms with van der Waals surface area (Å²) in [6.45, 7) is 7.04. The number of ether oxygens (including phenoxy) is 1. The third kappa shape index (κ3) is 3.90.